The van der Waals surface area contributed by atoms with Gasteiger partial charge < -0.3 is 14.5 Å². The van der Waals surface area contributed by atoms with Crippen LogP contribution in [0.5, 0.6) is 17.2 Å². The molecular weight excluding hydrogens is 312 g/mol. The first-order valence-corrected chi connectivity index (χ1v) is 8.32. The molecule has 0 radical (unpaired) electrons. The van der Waals surface area contributed by atoms with Crippen LogP contribution >= 0.6 is 0 Å². The van der Waals surface area contributed by atoms with Crippen molar-refractivity contribution in [2.45, 2.75) is 24.9 Å². The average molecular weight is 330 g/mol. The number of rotatable bonds is 6. The van der Waals surface area contributed by atoms with E-state index < -0.39 is 0 Å². The maximum Gasteiger partial charge on any atom is 0.128 e. The second-order valence-corrected chi connectivity index (χ2v) is 6.28. The molecule has 0 amide bonds. The lowest BCUT2D eigenvalue weighted by Gasteiger charge is -2.10. The Morgan fingerprint density at radius 1 is 0.920 bits per heavy atom. The number of hydrogen-bond acceptors (Lipinski definition) is 3. The molecular formula is C21H18N2O2. The van der Waals surface area contributed by atoms with Crippen LogP contribution in [0.15, 0.2) is 66.9 Å². The maximum absolute atomic E-state index is 9.25. The van der Waals surface area contributed by atoms with Crippen LogP contribution < -0.4 is 9.47 Å². The van der Waals surface area contributed by atoms with Crippen LogP contribution in [0.1, 0.15) is 24.1 Å². The summed E-state index contributed by atoms with van der Waals surface area (Å²) in [6, 6.07) is 21.7. The van der Waals surface area contributed by atoms with E-state index in [9.17, 15) is 5.26 Å². The predicted molar refractivity (Wildman–Crippen MR) is 94.6 cm³/mol. The van der Waals surface area contributed by atoms with Crippen LogP contribution in [-0.2, 0) is 12.0 Å². The van der Waals surface area contributed by atoms with Crippen LogP contribution in [0, 0.1) is 11.3 Å². The second kappa shape index (κ2) is 6.37. The van der Waals surface area contributed by atoms with E-state index in [0.29, 0.717) is 6.61 Å². The molecule has 0 unspecified atom stereocenters. The van der Waals surface area contributed by atoms with Gasteiger partial charge in [-0.2, -0.15) is 5.26 Å². The standard InChI is InChI=1S/C21H18N2O2/c22-15-21(11-12-21)16-3-5-19(6-4-16)25-20-9-7-18(8-10-20)24-14-17-2-1-13-23-17/h1-10,13,23H,11-12,14H2. The van der Waals surface area contributed by atoms with Crippen molar-refractivity contribution in [3.63, 3.8) is 0 Å². The number of nitrogens with one attached hydrogen (secondary N) is 1. The number of nitriles is 1. The van der Waals surface area contributed by atoms with Crippen molar-refractivity contribution >= 4 is 0 Å². The molecule has 2 aromatic carbocycles. The summed E-state index contributed by atoms with van der Waals surface area (Å²) in [5.41, 5.74) is 1.86. The normalized spacial score (nSPS) is 14.5. The van der Waals surface area contributed by atoms with E-state index in [1.165, 1.54) is 0 Å². The Bertz CT molecular complexity index is 871. The van der Waals surface area contributed by atoms with Gasteiger partial charge in [0, 0.05) is 6.20 Å². The summed E-state index contributed by atoms with van der Waals surface area (Å²) in [6.07, 6.45) is 3.78. The van der Waals surface area contributed by atoms with Crippen molar-refractivity contribution in [3.8, 4) is 23.3 Å². The Morgan fingerprint density at radius 3 is 2.12 bits per heavy atom. The summed E-state index contributed by atoms with van der Waals surface area (Å²) in [6.45, 7) is 0.509. The summed E-state index contributed by atoms with van der Waals surface area (Å²) in [7, 11) is 0. The van der Waals surface area contributed by atoms with Gasteiger partial charge in [0.2, 0.25) is 0 Å². The molecule has 4 rings (SSSR count). The van der Waals surface area contributed by atoms with Crippen LogP contribution in [0.4, 0.5) is 0 Å². The molecule has 25 heavy (non-hydrogen) atoms. The first-order chi connectivity index (χ1) is 12.3. The third-order valence-electron chi connectivity index (χ3n) is 4.49. The Morgan fingerprint density at radius 2 is 1.56 bits per heavy atom. The van der Waals surface area contributed by atoms with E-state index in [4.69, 9.17) is 9.47 Å². The van der Waals surface area contributed by atoms with Crippen LogP contribution in [0.3, 0.4) is 0 Å². The Hall–Kier alpha value is -3.19. The molecule has 1 heterocycles. The summed E-state index contributed by atoms with van der Waals surface area (Å²) < 4.78 is 11.6. The lowest BCUT2D eigenvalue weighted by molar-refractivity contribution is 0.301. The number of aromatic amines is 1. The van der Waals surface area contributed by atoms with E-state index in [-0.39, 0.29) is 5.41 Å². The van der Waals surface area contributed by atoms with Crippen LogP contribution in [0.2, 0.25) is 0 Å². The van der Waals surface area contributed by atoms with Crippen molar-refractivity contribution in [1.29, 1.82) is 5.26 Å². The summed E-state index contributed by atoms with van der Waals surface area (Å²) in [4.78, 5) is 3.11. The van der Waals surface area contributed by atoms with Gasteiger partial charge in [0.15, 0.2) is 0 Å². The second-order valence-electron chi connectivity index (χ2n) is 6.28. The van der Waals surface area contributed by atoms with Crippen LogP contribution in [0.25, 0.3) is 0 Å². The molecule has 0 aliphatic heterocycles. The van der Waals surface area contributed by atoms with E-state index >= 15 is 0 Å². The predicted octanol–water partition coefficient (Wildman–Crippen LogP) is 4.94. The minimum atomic E-state index is -0.253. The fourth-order valence-corrected chi connectivity index (χ4v) is 2.79. The highest BCUT2D eigenvalue weighted by atomic mass is 16.5. The maximum atomic E-state index is 9.25. The topological polar surface area (TPSA) is 58.0 Å². The Labute approximate surface area is 146 Å². The molecule has 1 aliphatic rings. The number of aromatic nitrogens is 1. The Balaban J connectivity index is 1.37. The minimum absolute atomic E-state index is 0.253. The SMILES string of the molecule is N#CC1(c2ccc(Oc3ccc(OCc4ccc[nH]4)cc3)cc2)CC1. The minimum Gasteiger partial charge on any atom is -0.487 e. The molecule has 1 N–H and O–H groups in total. The average Bonchev–Trinajstić information content (AvgIpc) is 3.29. The number of benzene rings is 2. The van der Waals surface area contributed by atoms with Crippen molar-refractivity contribution in [3.05, 3.63) is 78.1 Å². The van der Waals surface area contributed by atoms with Gasteiger partial charge in [0.25, 0.3) is 0 Å². The number of nitrogens with zero attached hydrogens (tertiary/aromatic N) is 1. The molecule has 1 aromatic heterocycles. The fourth-order valence-electron chi connectivity index (χ4n) is 2.79. The molecule has 1 fully saturated rings. The van der Waals surface area contributed by atoms with Crippen molar-refractivity contribution in [1.82, 2.24) is 4.98 Å². The Kier molecular flexibility index (Phi) is 3.91. The zero-order valence-electron chi connectivity index (χ0n) is 13.7. The third kappa shape index (κ3) is 3.36. The van der Waals surface area contributed by atoms with E-state index in [2.05, 4.69) is 11.1 Å². The van der Waals surface area contributed by atoms with Gasteiger partial charge in [0.1, 0.15) is 23.9 Å². The van der Waals surface area contributed by atoms with E-state index in [1.54, 1.807) is 0 Å². The van der Waals surface area contributed by atoms with Gasteiger partial charge in [-0.3, -0.25) is 0 Å². The fraction of sp³-hybridized carbons (Fsp3) is 0.190. The molecule has 0 bridgehead atoms. The zero-order valence-corrected chi connectivity index (χ0v) is 13.7. The third-order valence-corrected chi connectivity index (χ3v) is 4.49. The van der Waals surface area contributed by atoms with Gasteiger partial charge in [-0.1, -0.05) is 12.1 Å². The number of ether oxygens (including phenoxy) is 2. The lowest BCUT2D eigenvalue weighted by Crippen LogP contribution is -2.01. The van der Waals surface area contributed by atoms with Crippen molar-refractivity contribution in [2.24, 2.45) is 0 Å². The smallest absolute Gasteiger partial charge is 0.128 e. The molecule has 0 atom stereocenters. The van der Waals surface area contributed by atoms with Crippen molar-refractivity contribution in [2.75, 3.05) is 0 Å². The highest BCUT2D eigenvalue weighted by molar-refractivity contribution is 5.43. The van der Waals surface area contributed by atoms with Crippen LogP contribution in [-0.4, -0.2) is 4.98 Å². The van der Waals surface area contributed by atoms with Crippen molar-refractivity contribution < 1.29 is 9.47 Å². The van der Waals surface area contributed by atoms with E-state index in [1.807, 2.05) is 66.9 Å². The van der Waals surface area contributed by atoms with Gasteiger partial charge in [-0.05, 0) is 66.9 Å². The monoisotopic (exact) mass is 330 g/mol. The van der Waals surface area contributed by atoms with Gasteiger partial charge in [-0.15, -0.1) is 0 Å². The van der Waals surface area contributed by atoms with Gasteiger partial charge >= 0.3 is 0 Å². The number of hydrogen-bond donors (Lipinski definition) is 1. The molecule has 0 saturated heterocycles. The first kappa shape index (κ1) is 15.3. The molecule has 124 valence electrons. The lowest BCUT2D eigenvalue weighted by atomic mass is 9.98. The zero-order chi connectivity index (χ0) is 17.1. The number of H-pyrrole nitrogens is 1. The quantitative estimate of drug-likeness (QED) is 0.696. The molecule has 4 heteroatoms. The van der Waals surface area contributed by atoms with E-state index in [0.717, 1.165) is 41.3 Å². The molecule has 1 aliphatic carbocycles. The molecule has 3 aromatic rings. The highest BCUT2D eigenvalue weighted by Gasteiger charge is 2.44. The highest BCUT2D eigenvalue weighted by Crippen LogP contribution is 2.47. The molecule has 0 spiro atoms. The first-order valence-electron chi connectivity index (χ1n) is 8.32. The summed E-state index contributed by atoms with van der Waals surface area (Å²) in [5, 5.41) is 9.25. The summed E-state index contributed by atoms with van der Waals surface area (Å²) >= 11 is 0. The largest absolute Gasteiger partial charge is 0.487 e. The molecule has 4 nitrogen and oxygen atoms in total. The molecule has 1 saturated carbocycles. The summed E-state index contributed by atoms with van der Waals surface area (Å²) in [5.74, 6) is 2.31. The van der Waals surface area contributed by atoms with Gasteiger partial charge in [-0.25, -0.2) is 0 Å². The van der Waals surface area contributed by atoms with Gasteiger partial charge in [0.05, 0.1) is 17.2 Å².